The van der Waals surface area contributed by atoms with Crippen LogP contribution in [0.4, 0.5) is 0 Å². The Morgan fingerprint density at radius 3 is 2.59 bits per heavy atom. The van der Waals surface area contributed by atoms with E-state index in [0.29, 0.717) is 0 Å². The molecule has 1 aliphatic heterocycles. The lowest BCUT2D eigenvalue weighted by Gasteiger charge is -2.22. The summed E-state index contributed by atoms with van der Waals surface area (Å²) >= 11 is 0. The molecule has 0 aromatic rings. The number of rotatable bonds is 3. The van der Waals surface area contributed by atoms with Crippen molar-refractivity contribution in [2.24, 2.45) is 5.92 Å². The van der Waals surface area contributed by atoms with Gasteiger partial charge in [0.05, 0.1) is 0 Å². The van der Waals surface area contributed by atoms with E-state index in [1.54, 1.807) is 0 Å². The molecule has 3 aliphatic rings. The van der Waals surface area contributed by atoms with Crippen molar-refractivity contribution in [2.75, 3.05) is 13.1 Å². The number of hydrogen-bond donors (Lipinski definition) is 1. The summed E-state index contributed by atoms with van der Waals surface area (Å²) in [6, 6.07) is 2.59. The molecule has 2 aliphatic carbocycles. The van der Waals surface area contributed by atoms with Crippen molar-refractivity contribution in [1.82, 2.24) is 10.2 Å². The van der Waals surface area contributed by atoms with E-state index in [1.165, 1.54) is 64.5 Å². The first-order chi connectivity index (χ1) is 8.31. The lowest BCUT2D eigenvalue weighted by molar-refractivity contribution is 0.308. The monoisotopic (exact) mass is 236 g/mol. The minimum atomic E-state index is 0.800. The summed E-state index contributed by atoms with van der Waals surface area (Å²) in [6.45, 7) is 5.11. The van der Waals surface area contributed by atoms with Crippen molar-refractivity contribution in [3.8, 4) is 0 Å². The Kier molecular flexibility index (Phi) is 3.72. The van der Waals surface area contributed by atoms with Gasteiger partial charge in [-0.2, -0.15) is 0 Å². The zero-order valence-electron chi connectivity index (χ0n) is 11.3. The molecule has 1 saturated heterocycles. The summed E-state index contributed by atoms with van der Waals surface area (Å²) in [5.41, 5.74) is 0. The first-order valence-electron chi connectivity index (χ1n) is 7.81. The maximum Gasteiger partial charge on any atom is 0.0209 e. The van der Waals surface area contributed by atoms with Crippen LogP contribution in [0.25, 0.3) is 0 Å². The van der Waals surface area contributed by atoms with Gasteiger partial charge in [0.1, 0.15) is 0 Å². The molecule has 0 amide bonds. The molecule has 3 unspecified atom stereocenters. The van der Waals surface area contributed by atoms with Crippen molar-refractivity contribution in [1.29, 1.82) is 0 Å². The van der Waals surface area contributed by atoms with Crippen LogP contribution in [-0.2, 0) is 0 Å². The van der Waals surface area contributed by atoms with Gasteiger partial charge in [0.2, 0.25) is 0 Å². The smallest absolute Gasteiger partial charge is 0.0209 e. The first kappa shape index (κ1) is 12.0. The molecule has 2 saturated carbocycles. The zero-order chi connectivity index (χ0) is 11.7. The van der Waals surface area contributed by atoms with Crippen LogP contribution in [0.1, 0.15) is 58.3 Å². The third-order valence-corrected chi connectivity index (χ3v) is 5.01. The van der Waals surface area contributed by atoms with Gasteiger partial charge in [0.25, 0.3) is 0 Å². The highest BCUT2D eigenvalue weighted by Gasteiger charge is 2.34. The predicted molar refractivity (Wildman–Crippen MR) is 72.2 cm³/mol. The van der Waals surface area contributed by atoms with Gasteiger partial charge in [-0.15, -0.1) is 0 Å². The number of hydrogen-bond acceptors (Lipinski definition) is 2. The normalized spacial score (nSPS) is 40.4. The van der Waals surface area contributed by atoms with Crippen LogP contribution in [0.3, 0.4) is 0 Å². The van der Waals surface area contributed by atoms with E-state index in [2.05, 4.69) is 17.1 Å². The number of nitrogens with zero attached hydrogens (tertiary/aromatic N) is 1. The van der Waals surface area contributed by atoms with Crippen LogP contribution in [0.2, 0.25) is 0 Å². The maximum absolute atomic E-state index is 3.95. The topological polar surface area (TPSA) is 15.3 Å². The number of nitrogens with one attached hydrogen (secondary N) is 1. The largest absolute Gasteiger partial charge is 0.310 e. The van der Waals surface area contributed by atoms with E-state index in [1.807, 2.05) is 0 Å². The van der Waals surface area contributed by atoms with Crippen LogP contribution < -0.4 is 5.32 Å². The first-order valence-corrected chi connectivity index (χ1v) is 7.81. The van der Waals surface area contributed by atoms with Crippen LogP contribution in [0.15, 0.2) is 0 Å². The van der Waals surface area contributed by atoms with Crippen LogP contribution in [0, 0.1) is 5.92 Å². The number of likely N-dealkylation sites (tertiary alicyclic amines) is 1. The molecular weight excluding hydrogens is 208 g/mol. The van der Waals surface area contributed by atoms with Crippen molar-refractivity contribution < 1.29 is 0 Å². The summed E-state index contributed by atoms with van der Waals surface area (Å²) in [5, 5.41) is 3.95. The molecule has 3 rings (SSSR count). The molecule has 3 fully saturated rings. The quantitative estimate of drug-likeness (QED) is 0.758. The predicted octanol–water partition coefficient (Wildman–Crippen LogP) is 2.78. The molecule has 0 aromatic carbocycles. The van der Waals surface area contributed by atoms with E-state index in [-0.39, 0.29) is 0 Å². The Morgan fingerprint density at radius 2 is 1.76 bits per heavy atom. The van der Waals surface area contributed by atoms with Crippen molar-refractivity contribution in [2.45, 2.75) is 76.4 Å². The Labute approximate surface area is 106 Å². The van der Waals surface area contributed by atoms with Crippen LogP contribution >= 0.6 is 0 Å². The second-order valence-corrected chi connectivity index (χ2v) is 6.69. The van der Waals surface area contributed by atoms with Gasteiger partial charge < -0.3 is 5.32 Å². The summed E-state index contributed by atoms with van der Waals surface area (Å²) in [6.07, 6.45) is 11.5. The van der Waals surface area contributed by atoms with Crippen molar-refractivity contribution >= 4 is 0 Å². The van der Waals surface area contributed by atoms with Gasteiger partial charge >= 0.3 is 0 Å². The summed E-state index contributed by atoms with van der Waals surface area (Å²) in [4.78, 5) is 2.72. The van der Waals surface area contributed by atoms with Gasteiger partial charge in [-0.1, -0.05) is 19.8 Å². The molecular formula is C15H28N2. The average Bonchev–Trinajstić information content (AvgIpc) is 3.09. The standard InChI is InChI=1S/C15H28N2/c1-12-3-2-4-13(6-5-12)16-14-9-10-17(11-14)15-7-8-15/h12-16H,2-11H2,1H3. The highest BCUT2D eigenvalue weighted by Crippen LogP contribution is 2.30. The fraction of sp³-hybridized carbons (Fsp3) is 1.00. The van der Waals surface area contributed by atoms with Gasteiger partial charge in [-0.25, -0.2) is 0 Å². The third-order valence-electron chi connectivity index (χ3n) is 5.01. The lowest BCUT2D eigenvalue weighted by Crippen LogP contribution is -2.40. The molecule has 1 heterocycles. The molecule has 0 spiro atoms. The van der Waals surface area contributed by atoms with E-state index in [0.717, 1.165) is 24.0 Å². The molecule has 2 heteroatoms. The zero-order valence-corrected chi connectivity index (χ0v) is 11.3. The Hall–Kier alpha value is -0.0800. The summed E-state index contributed by atoms with van der Waals surface area (Å²) in [7, 11) is 0. The fourth-order valence-corrected chi connectivity index (χ4v) is 3.68. The molecule has 2 nitrogen and oxygen atoms in total. The second kappa shape index (κ2) is 5.27. The minimum absolute atomic E-state index is 0.800. The van der Waals surface area contributed by atoms with Crippen molar-refractivity contribution in [3.05, 3.63) is 0 Å². The highest BCUT2D eigenvalue weighted by atomic mass is 15.2. The van der Waals surface area contributed by atoms with Crippen LogP contribution in [0.5, 0.6) is 0 Å². The van der Waals surface area contributed by atoms with Crippen molar-refractivity contribution in [3.63, 3.8) is 0 Å². The van der Waals surface area contributed by atoms with E-state index >= 15 is 0 Å². The molecule has 0 aromatic heterocycles. The van der Waals surface area contributed by atoms with Crippen LogP contribution in [-0.4, -0.2) is 36.1 Å². The summed E-state index contributed by atoms with van der Waals surface area (Å²) in [5.74, 6) is 0.966. The van der Waals surface area contributed by atoms with E-state index in [9.17, 15) is 0 Å². The lowest BCUT2D eigenvalue weighted by atomic mass is 10.0. The second-order valence-electron chi connectivity index (χ2n) is 6.69. The Bertz CT molecular complexity index is 249. The average molecular weight is 236 g/mol. The molecule has 17 heavy (non-hydrogen) atoms. The Balaban J connectivity index is 1.43. The molecule has 3 atom stereocenters. The van der Waals surface area contributed by atoms with E-state index < -0.39 is 0 Å². The SMILES string of the molecule is CC1CCCC(NC2CCN(C3CC3)C2)CC1. The minimum Gasteiger partial charge on any atom is -0.310 e. The van der Waals surface area contributed by atoms with Gasteiger partial charge in [-0.05, 0) is 44.4 Å². The highest BCUT2D eigenvalue weighted by molar-refractivity contribution is 4.93. The van der Waals surface area contributed by atoms with Gasteiger partial charge in [0, 0.05) is 31.2 Å². The fourth-order valence-electron chi connectivity index (χ4n) is 3.68. The van der Waals surface area contributed by atoms with Gasteiger partial charge in [-0.3, -0.25) is 4.90 Å². The van der Waals surface area contributed by atoms with E-state index in [4.69, 9.17) is 0 Å². The third kappa shape index (κ3) is 3.23. The maximum atomic E-state index is 3.95. The molecule has 98 valence electrons. The Morgan fingerprint density at radius 1 is 0.882 bits per heavy atom. The molecule has 0 radical (unpaired) electrons. The summed E-state index contributed by atoms with van der Waals surface area (Å²) < 4.78 is 0. The molecule has 1 N–H and O–H groups in total. The van der Waals surface area contributed by atoms with Gasteiger partial charge in [0.15, 0.2) is 0 Å². The molecule has 0 bridgehead atoms.